The molecule has 2 aromatic rings. The van der Waals surface area contributed by atoms with Gasteiger partial charge in [-0.3, -0.25) is 0 Å². The van der Waals surface area contributed by atoms with Crippen LogP contribution in [0, 0.1) is 0 Å². The first-order chi connectivity index (χ1) is 8.25. The van der Waals surface area contributed by atoms with Crippen LogP contribution in [0.5, 0.6) is 0 Å². The molecule has 0 amide bonds. The van der Waals surface area contributed by atoms with Gasteiger partial charge in [0, 0.05) is 6.42 Å². The quantitative estimate of drug-likeness (QED) is 0.821. The summed E-state index contributed by atoms with van der Waals surface area (Å²) in [6.45, 7) is 0.742. The molecule has 0 bridgehead atoms. The van der Waals surface area contributed by atoms with E-state index >= 15 is 0 Å². The van der Waals surface area contributed by atoms with Gasteiger partial charge >= 0.3 is 5.97 Å². The highest BCUT2D eigenvalue weighted by Crippen LogP contribution is 2.26. The molecule has 86 valence electrons. The van der Waals surface area contributed by atoms with Crippen molar-refractivity contribution in [1.29, 1.82) is 0 Å². The van der Waals surface area contributed by atoms with E-state index in [1.165, 1.54) is 0 Å². The van der Waals surface area contributed by atoms with Crippen LogP contribution in [0.25, 0.3) is 10.8 Å². The first-order valence-electron chi connectivity index (χ1n) is 5.61. The molecule has 1 unspecified atom stereocenters. The molecule has 0 saturated carbocycles. The zero-order valence-electron chi connectivity index (χ0n) is 9.22. The molecule has 1 heterocycles. The van der Waals surface area contributed by atoms with E-state index in [0.29, 0.717) is 12.0 Å². The molecular weight excluding hydrogens is 216 g/mol. The Balaban J connectivity index is 2.20. The number of hydrogen-bond acceptors (Lipinski definition) is 2. The van der Waals surface area contributed by atoms with Crippen molar-refractivity contribution in [2.75, 3.05) is 6.61 Å². The Morgan fingerprint density at radius 3 is 2.76 bits per heavy atom. The molecular formula is C14H12O3. The highest BCUT2D eigenvalue weighted by atomic mass is 16.6. The summed E-state index contributed by atoms with van der Waals surface area (Å²) in [6, 6.07) is 11.4. The maximum atomic E-state index is 11.4. The first-order valence-corrected chi connectivity index (χ1v) is 5.61. The van der Waals surface area contributed by atoms with Gasteiger partial charge in [-0.15, -0.1) is 0 Å². The Morgan fingerprint density at radius 1 is 1.29 bits per heavy atom. The summed E-state index contributed by atoms with van der Waals surface area (Å²) < 4.78 is 5.17. The van der Waals surface area contributed by atoms with Crippen LogP contribution >= 0.6 is 0 Å². The van der Waals surface area contributed by atoms with E-state index in [2.05, 4.69) is 0 Å². The maximum Gasteiger partial charge on any atom is 0.336 e. The van der Waals surface area contributed by atoms with Crippen LogP contribution in [0.4, 0.5) is 0 Å². The third kappa shape index (κ3) is 1.89. The van der Waals surface area contributed by atoms with Crippen LogP contribution in [0.2, 0.25) is 0 Å². The van der Waals surface area contributed by atoms with Crippen molar-refractivity contribution in [2.24, 2.45) is 0 Å². The summed E-state index contributed by atoms with van der Waals surface area (Å²) in [5, 5.41) is 11.1. The molecule has 1 N–H and O–H groups in total. The number of epoxide rings is 1. The van der Waals surface area contributed by atoms with Gasteiger partial charge in [0.2, 0.25) is 0 Å². The maximum absolute atomic E-state index is 11.4. The second-order valence-electron chi connectivity index (χ2n) is 4.29. The number of rotatable bonds is 3. The molecule has 3 heteroatoms. The number of aromatic carboxylic acids is 1. The average molecular weight is 228 g/mol. The summed E-state index contributed by atoms with van der Waals surface area (Å²) >= 11 is 0. The van der Waals surface area contributed by atoms with E-state index < -0.39 is 5.97 Å². The van der Waals surface area contributed by atoms with Gasteiger partial charge in [-0.05, 0) is 16.3 Å². The summed E-state index contributed by atoms with van der Waals surface area (Å²) in [5.41, 5.74) is 1.28. The van der Waals surface area contributed by atoms with E-state index in [1.807, 2.05) is 36.4 Å². The number of ether oxygens (including phenoxy) is 1. The van der Waals surface area contributed by atoms with Crippen LogP contribution in [-0.4, -0.2) is 23.8 Å². The number of benzene rings is 2. The van der Waals surface area contributed by atoms with Crippen LogP contribution in [0.1, 0.15) is 15.9 Å². The fourth-order valence-electron chi connectivity index (χ4n) is 2.17. The predicted molar refractivity (Wildman–Crippen MR) is 64.4 cm³/mol. The predicted octanol–water partition coefficient (Wildman–Crippen LogP) is 2.48. The molecule has 1 aliphatic rings. The van der Waals surface area contributed by atoms with Crippen molar-refractivity contribution in [3.05, 3.63) is 47.5 Å². The van der Waals surface area contributed by atoms with E-state index in [4.69, 9.17) is 4.74 Å². The van der Waals surface area contributed by atoms with Crippen molar-refractivity contribution in [3.63, 3.8) is 0 Å². The normalized spacial score (nSPS) is 18.2. The minimum absolute atomic E-state index is 0.203. The van der Waals surface area contributed by atoms with E-state index in [0.717, 1.165) is 22.9 Å². The van der Waals surface area contributed by atoms with Gasteiger partial charge in [0.15, 0.2) is 0 Å². The Kier molecular flexibility index (Phi) is 2.34. The molecule has 0 aromatic heterocycles. The lowest BCUT2D eigenvalue weighted by atomic mass is 9.96. The number of carbonyl (C=O) groups is 1. The molecule has 17 heavy (non-hydrogen) atoms. The standard InChI is InChI=1S/C14H12O3/c15-14(16)13-10(7-11-8-17-11)6-5-9-3-1-2-4-12(9)13/h1-6,11H,7-8H2,(H,15,16). The summed E-state index contributed by atoms with van der Waals surface area (Å²) in [7, 11) is 0. The third-order valence-corrected chi connectivity index (χ3v) is 3.08. The number of fused-ring (bicyclic) bond motifs is 1. The second-order valence-corrected chi connectivity index (χ2v) is 4.29. The van der Waals surface area contributed by atoms with Gasteiger partial charge in [0.25, 0.3) is 0 Å². The minimum atomic E-state index is -0.863. The van der Waals surface area contributed by atoms with Crippen molar-refractivity contribution in [1.82, 2.24) is 0 Å². The lowest BCUT2D eigenvalue weighted by Crippen LogP contribution is -2.06. The van der Waals surface area contributed by atoms with Crippen LogP contribution in [0.15, 0.2) is 36.4 Å². The van der Waals surface area contributed by atoms with Crippen LogP contribution in [0.3, 0.4) is 0 Å². The molecule has 1 saturated heterocycles. The highest BCUT2D eigenvalue weighted by molar-refractivity contribution is 6.05. The zero-order chi connectivity index (χ0) is 11.8. The van der Waals surface area contributed by atoms with Crippen molar-refractivity contribution in [3.8, 4) is 0 Å². The molecule has 1 atom stereocenters. The minimum Gasteiger partial charge on any atom is -0.478 e. The molecule has 3 nitrogen and oxygen atoms in total. The Labute approximate surface area is 98.6 Å². The van der Waals surface area contributed by atoms with E-state index in [-0.39, 0.29) is 6.10 Å². The van der Waals surface area contributed by atoms with Gasteiger partial charge < -0.3 is 9.84 Å². The zero-order valence-corrected chi connectivity index (χ0v) is 9.22. The van der Waals surface area contributed by atoms with Crippen LogP contribution < -0.4 is 0 Å². The molecule has 1 fully saturated rings. The topological polar surface area (TPSA) is 49.8 Å². The van der Waals surface area contributed by atoms with Gasteiger partial charge in [-0.25, -0.2) is 4.79 Å². The first kappa shape index (κ1) is 10.3. The van der Waals surface area contributed by atoms with Gasteiger partial charge in [-0.1, -0.05) is 36.4 Å². The molecule has 2 aromatic carbocycles. The van der Waals surface area contributed by atoms with Crippen molar-refractivity contribution in [2.45, 2.75) is 12.5 Å². The lowest BCUT2D eigenvalue weighted by molar-refractivity contribution is 0.0698. The second kappa shape index (κ2) is 3.86. The fourth-order valence-corrected chi connectivity index (χ4v) is 2.17. The Bertz CT molecular complexity index is 585. The van der Waals surface area contributed by atoms with E-state index in [1.54, 1.807) is 0 Å². The Hall–Kier alpha value is -1.87. The molecule has 0 spiro atoms. The van der Waals surface area contributed by atoms with Gasteiger partial charge in [-0.2, -0.15) is 0 Å². The Morgan fingerprint density at radius 2 is 2.06 bits per heavy atom. The smallest absolute Gasteiger partial charge is 0.336 e. The average Bonchev–Trinajstić information content (AvgIpc) is 3.12. The van der Waals surface area contributed by atoms with Crippen molar-refractivity contribution < 1.29 is 14.6 Å². The van der Waals surface area contributed by atoms with Crippen molar-refractivity contribution >= 4 is 16.7 Å². The largest absolute Gasteiger partial charge is 0.478 e. The molecule has 3 rings (SSSR count). The summed E-state index contributed by atoms with van der Waals surface area (Å²) in [4.78, 5) is 11.4. The molecule has 1 aliphatic heterocycles. The SMILES string of the molecule is O=C(O)c1c(CC2CO2)ccc2ccccc12. The number of carboxylic acids is 1. The summed E-state index contributed by atoms with van der Waals surface area (Å²) in [5.74, 6) is -0.863. The van der Waals surface area contributed by atoms with Crippen LogP contribution in [-0.2, 0) is 11.2 Å². The number of hydrogen-bond donors (Lipinski definition) is 1. The summed E-state index contributed by atoms with van der Waals surface area (Å²) in [6.07, 6.45) is 0.890. The van der Waals surface area contributed by atoms with Gasteiger partial charge in [0.05, 0.1) is 18.3 Å². The van der Waals surface area contributed by atoms with Gasteiger partial charge in [0.1, 0.15) is 0 Å². The number of carboxylic acid groups (broad SMARTS) is 1. The fraction of sp³-hybridized carbons (Fsp3) is 0.214. The highest BCUT2D eigenvalue weighted by Gasteiger charge is 2.25. The monoisotopic (exact) mass is 228 g/mol. The molecule has 0 radical (unpaired) electrons. The third-order valence-electron chi connectivity index (χ3n) is 3.08. The lowest BCUT2D eigenvalue weighted by Gasteiger charge is -2.08. The van der Waals surface area contributed by atoms with E-state index in [9.17, 15) is 9.90 Å². The molecule has 0 aliphatic carbocycles.